The molecule has 2 rings (SSSR count). The lowest BCUT2D eigenvalue weighted by molar-refractivity contribution is 0.477. The smallest absolute Gasteiger partial charge is 0.161 e. The molecule has 1 aromatic carbocycles. The molecule has 82 valence electrons. The highest BCUT2D eigenvalue weighted by atomic mass is 19.2. The van der Waals surface area contributed by atoms with Crippen LogP contribution < -0.4 is 5.32 Å². The second-order valence-electron chi connectivity index (χ2n) is 4.27. The Morgan fingerprint density at radius 3 is 2.33 bits per heavy atom. The molecule has 1 N–H and O–H groups in total. The summed E-state index contributed by atoms with van der Waals surface area (Å²) < 4.78 is 38.6. The van der Waals surface area contributed by atoms with Gasteiger partial charge in [0.05, 0.1) is 0 Å². The highest BCUT2D eigenvalue weighted by molar-refractivity contribution is 5.20. The minimum atomic E-state index is -1.14. The van der Waals surface area contributed by atoms with Crippen molar-refractivity contribution in [1.29, 1.82) is 0 Å². The molecule has 1 aromatic rings. The van der Waals surface area contributed by atoms with Gasteiger partial charge in [0.25, 0.3) is 0 Å². The maximum absolute atomic E-state index is 13.2. The molecule has 1 nitrogen and oxygen atoms in total. The van der Waals surface area contributed by atoms with Crippen LogP contribution in [0.4, 0.5) is 13.2 Å². The second kappa shape index (κ2) is 3.52. The Hall–Kier alpha value is -1.03. The van der Waals surface area contributed by atoms with Crippen LogP contribution in [0.2, 0.25) is 0 Å². The lowest BCUT2D eigenvalue weighted by Gasteiger charge is -2.11. The number of rotatable bonds is 3. The van der Waals surface area contributed by atoms with Crippen LogP contribution in [-0.2, 0) is 6.54 Å². The second-order valence-corrected chi connectivity index (χ2v) is 4.27. The van der Waals surface area contributed by atoms with Crippen LogP contribution in [0.25, 0.3) is 0 Å². The fourth-order valence-electron chi connectivity index (χ4n) is 1.37. The van der Waals surface area contributed by atoms with Crippen molar-refractivity contribution in [3.05, 3.63) is 35.1 Å². The standard InChI is InChI=1S/C11H12F3N/c1-11(2-3-11)15-6-7-4-9(13)10(14)5-8(7)12/h4-5,15H,2-3,6H2,1H3. The first-order valence-electron chi connectivity index (χ1n) is 4.89. The van der Waals surface area contributed by atoms with E-state index >= 15 is 0 Å². The summed E-state index contributed by atoms with van der Waals surface area (Å²) in [6, 6.07) is 1.49. The van der Waals surface area contributed by atoms with Crippen LogP contribution in [0.15, 0.2) is 12.1 Å². The van der Waals surface area contributed by atoms with E-state index in [-0.39, 0.29) is 17.6 Å². The topological polar surface area (TPSA) is 12.0 Å². The molecule has 1 saturated carbocycles. The van der Waals surface area contributed by atoms with Crippen LogP contribution in [0.5, 0.6) is 0 Å². The van der Waals surface area contributed by atoms with Gasteiger partial charge in [0, 0.05) is 23.7 Å². The maximum atomic E-state index is 13.2. The van der Waals surface area contributed by atoms with E-state index in [4.69, 9.17) is 0 Å². The molecule has 0 amide bonds. The molecule has 1 aliphatic carbocycles. The zero-order chi connectivity index (χ0) is 11.1. The van der Waals surface area contributed by atoms with Gasteiger partial charge in [-0.2, -0.15) is 0 Å². The molecule has 0 atom stereocenters. The lowest BCUT2D eigenvalue weighted by Crippen LogP contribution is -2.27. The minimum absolute atomic E-state index is 0.0529. The summed E-state index contributed by atoms with van der Waals surface area (Å²) in [5.41, 5.74) is 0.221. The first-order valence-corrected chi connectivity index (χ1v) is 4.89. The third kappa shape index (κ3) is 2.31. The summed E-state index contributed by atoms with van der Waals surface area (Å²) in [4.78, 5) is 0. The van der Waals surface area contributed by atoms with Crippen LogP contribution in [0.3, 0.4) is 0 Å². The summed E-state index contributed by atoms with van der Waals surface area (Å²) in [6.07, 6.45) is 2.08. The summed E-state index contributed by atoms with van der Waals surface area (Å²) in [5.74, 6) is -2.85. The van der Waals surface area contributed by atoms with Gasteiger partial charge in [-0.05, 0) is 25.8 Å². The van der Waals surface area contributed by atoms with Crippen LogP contribution in [0.1, 0.15) is 25.3 Å². The quantitative estimate of drug-likeness (QED) is 0.764. The van der Waals surface area contributed by atoms with Crippen molar-refractivity contribution in [2.24, 2.45) is 0 Å². The highest BCUT2D eigenvalue weighted by Crippen LogP contribution is 2.34. The van der Waals surface area contributed by atoms with Crippen molar-refractivity contribution in [2.45, 2.75) is 31.8 Å². The average molecular weight is 215 g/mol. The van der Waals surface area contributed by atoms with Crippen molar-refractivity contribution < 1.29 is 13.2 Å². The summed E-state index contributed by atoms with van der Waals surface area (Å²) in [5, 5.41) is 3.11. The summed E-state index contributed by atoms with van der Waals surface area (Å²) in [7, 11) is 0. The van der Waals surface area contributed by atoms with Gasteiger partial charge in [-0.25, -0.2) is 13.2 Å². The van der Waals surface area contributed by atoms with E-state index in [1.807, 2.05) is 6.92 Å². The predicted octanol–water partition coefficient (Wildman–Crippen LogP) is 2.75. The van der Waals surface area contributed by atoms with E-state index in [0.717, 1.165) is 18.9 Å². The van der Waals surface area contributed by atoms with E-state index in [1.54, 1.807) is 0 Å². The SMILES string of the molecule is CC1(NCc2cc(F)c(F)cc2F)CC1. The van der Waals surface area contributed by atoms with Crippen LogP contribution in [-0.4, -0.2) is 5.54 Å². The van der Waals surface area contributed by atoms with Gasteiger partial charge in [0.15, 0.2) is 11.6 Å². The van der Waals surface area contributed by atoms with E-state index in [0.29, 0.717) is 6.07 Å². The molecule has 0 unspecified atom stereocenters. The molecule has 0 bridgehead atoms. The summed E-state index contributed by atoms with van der Waals surface area (Å²) >= 11 is 0. The van der Waals surface area contributed by atoms with Gasteiger partial charge in [0.1, 0.15) is 5.82 Å². The summed E-state index contributed by atoms with van der Waals surface area (Å²) in [6.45, 7) is 2.25. The molecule has 0 aromatic heterocycles. The molecule has 1 fully saturated rings. The fourth-order valence-corrected chi connectivity index (χ4v) is 1.37. The first-order chi connectivity index (χ1) is 7.00. The van der Waals surface area contributed by atoms with Crippen molar-refractivity contribution in [3.8, 4) is 0 Å². The van der Waals surface area contributed by atoms with Crippen molar-refractivity contribution >= 4 is 0 Å². The first kappa shape index (κ1) is 10.5. The Labute approximate surface area is 86.3 Å². The molecule has 0 saturated heterocycles. The molecule has 0 radical (unpaired) electrons. The monoisotopic (exact) mass is 215 g/mol. The molecule has 4 heteroatoms. The Bertz CT molecular complexity index is 386. The van der Waals surface area contributed by atoms with Crippen molar-refractivity contribution in [1.82, 2.24) is 5.32 Å². The molecule has 0 spiro atoms. The van der Waals surface area contributed by atoms with Crippen LogP contribution >= 0.6 is 0 Å². The predicted molar refractivity (Wildman–Crippen MR) is 50.8 cm³/mol. The molecule has 15 heavy (non-hydrogen) atoms. The molecular formula is C11H12F3N. The van der Waals surface area contributed by atoms with Gasteiger partial charge in [-0.15, -0.1) is 0 Å². The number of hydrogen-bond donors (Lipinski definition) is 1. The number of benzene rings is 1. The van der Waals surface area contributed by atoms with E-state index in [1.165, 1.54) is 0 Å². The van der Waals surface area contributed by atoms with Gasteiger partial charge in [-0.3, -0.25) is 0 Å². The zero-order valence-corrected chi connectivity index (χ0v) is 8.41. The normalized spacial score (nSPS) is 17.9. The number of hydrogen-bond acceptors (Lipinski definition) is 1. The average Bonchev–Trinajstić information content (AvgIpc) is 2.89. The van der Waals surface area contributed by atoms with E-state index in [2.05, 4.69) is 5.32 Å². The zero-order valence-electron chi connectivity index (χ0n) is 8.41. The van der Waals surface area contributed by atoms with E-state index in [9.17, 15) is 13.2 Å². The third-order valence-corrected chi connectivity index (χ3v) is 2.79. The maximum Gasteiger partial charge on any atom is 0.161 e. The fraction of sp³-hybridized carbons (Fsp3) is 0.455. The molecule has 0 aliphatic heterocycles. The number of nitrogens with one attached hydrogen (secondary N) is 1. The van der Waals surface area contributed by atoms with Crippen molar-refractivity contribution in [2.75, 3.05) is 0 Å². The Morgan fingerprint density at radius 1 is 1.13 bits per heavy atom. The molecule has 0 heterocycles. The largest absolute Gasteiger partial charge is 0.307 e. The van der Waals surface area contributed by atoms with Gasteiger partial charge < -0.3 is 5.32 Å². The van der Waals surface area contributed by atoms with Crippen LogP contribution in [0, 0.1) is 17.5 Å². The Kier molecular flexibility index (Phi) is 2.46. The number of halogens is 3. The van der Waals surface area contributed by atoms with Gasteiger partial charge in [-0.1, -0.05) is 0 Å². The molecular weight excluding hydrogens is 203 g/mol. The third-order valence-electron chi connectivity index (χ3n) is 2.79. The minimum Gasteiger partial charge on any atom is -0.307 e. The van der Waals surface area contributed by atoms with Crippen molar-refractivity contribution in [3.63, 3.8) is 0 Å². The highest BCUT2D eigenvalue weighted by Gasteiger charge is 2.36. The Balaban J connectivity index is 2.10. The van der Waals surface area contributed by atoms with Gasteiger partial charge >= 0.3 is 0 Å². The van der Waals surface area contributed by atoms with E-state index < -0.39 is 17.5 Å². The molecule has 1 aliphatic rings. The van der Waals surface area contributed by atoms with Gasteiger partial charge in [0.2, 0.25) is 0 Å². The lowest BCUT2D eigenvalue weighted by atomic mass is 10.2. The Morgan fingerprint density at radius 2 is 1.73 bits per heavy atom.